The fourth-order valence-electron chi connectivity index (χ4n) is 3.43. The van der Waals surface area contributed by atoms with Crippen LogP contribution in [0.25, 0.3) is 0 Å². The molecule has 2 fully saturated rings. The molecule has 0 atom stereocenters. The second kappa shape index (κ2) is 6.87. The highest BCUT2D eigenvalue weighted by Gasteiger charge is 2.35. The van der Waals surface area contributed by atoms with E-state index in [2.05, 4.69) is 4.90 Å². The maximum atomic E-state index is 11.9. The molecule has 0 unspecified atom stereocenters. The van der Waals surface area contributed by atoms with Crippen molar-refractivity contribution in [3.8, 4) is 0 Å². The Kier molecular flexibility index (Phi) is 5.41. The van der Waals surface area contributed by atoms with Crippen molar-refractivity contribution in [3.05, 3.63) is 24.2 Å². The Morgan fingerprint density at radius 2 is 1.90 bits per heavy atom. The van der Waals surface area contributed by atoms with Crippen LogP contribution in [-0.2, 0) is 0 Å². The van der Waals surface area contributed by atoms with Crippen LogP contribution in [0, 0.1) is 0 Å². The number of piperazine rings is 1. The molecule has 3 heterocycles. The van der Waals surface area contributed by atoms with Gasteiger partial charge >= 0.3 is 0 Å². The van der Waals surface area contributed by atoms with Crippen LogP contribution in [-0.4, -0.2) is 61.0 Å². The number of hydrogen-bond acceptors (Lipinski definition) is 3. The molecule has 0 saturated carbocycles. The third-order valence-electron chi connectivity index (χ3n) is 4.79. The molecule has 1 aromatic rings. The smallest absolute Gasteiger partial charge is 0.167 e. The van der Waals surface area contributed by atoms with Gasteiger partial charge in [-0.15, -0.1) is 0 Å². The summed E-state index contributed by atoms with van der Waals surface area (Å²) >= 11 is 0. The molecular weight excluding hydrogens is 320 g/mol. The van der Waals surface area contributed by atoms with E-state index in [-0.39, 0.29) is 22.8 Å². The van der Waals surface area contributed by atoms with Gasteiger partial charge in [0, 0.05) is 38.9 Å². The first-order valence-corrected chi connectivity index (χ1v) is 7.40. The standard InChI is InChI=1S/C15H23N2O2.BrH/c18-15(14-4-12-19-13-14)3-5-16-6-10-17(11-7-16)8-1-2-9-17;/h4,12-13H,1-3,5-11H2;1H/q+1;/p-1. The number of nitrogens with zero attached hydrogens (tertiary/aromatic N) is 2. The molecule has 112 valence electrons. The molecule has 1 spiro atoms. The van der Waals surface area contributed by atoms with Gasteiger partial charge in [-0.3, -0.25) is 9.69 Å². The zero-order valence-corrected chi connectivity index (χ0v) is 13.5. The highest BCUT2D eigenvalue weighted by atomic mass is 79.9. The van der Waals surface area contributed by atoms with E-state index in [4.69, 9.17) is 4.42 Å². The molecule has 3 rings (SSSR count). The maximum Gasteiger partial charge on any atom is 0.167 e. The highest BCUT2D eigenvalue weighted by Crippen LogP contribution is 2.22. The SMILES string of the molecule is O=C(CCN1CC[N+]2(CCCC2)CC1)c1ccoc1.[Br-]. The van der Waals surface area contributed by atoms with Gasteiger partial charge in [-0.1, -0.05) is 0 Å². The molecule has 2 aliphatic heterocycles. The number of halogens is 1. The Labute approximate surface area is 131 Å². The number of ketones is 1. The second-order valence-electron chi connectivity index (χ2n) is 5.97. The summed E-state index contributed by atoms with van der Waals surface area (Å²) in [6.07, 6.45) is 6.52. The number of carbonyl (C=O) groups excluding carboxylic acids is 1. The first kappa shape index (κ1) is 15.7. The van der Waals surface area contributed by atoms with Crippen LogP contribution in [0.4, 0.5) is 0 Å². The largest absolute Gasteiger partial charge is 1.00 e. The zero-order chi connectivity index (χ0) is 13.1. The predicted molar refractivity (Wildman–Crippen MR) is 73.1 cm³/mol. The third kappa shape index (κ3) is 3.51. The van der Waals surface area contributed by atoms with Crippen molar-refractivity contribution in [3.63, 3.8) is 0 Å². The van der Waals surface area contributed by atoms with Crippen molar-refractivity contribution in [1.29, 1.82) is 0 Å². The molecular formula is C15H23BrN2O2. The van der Waals surface area contributed by atoms with E-state index >= 15 is 0 Å². The molecule has 0 aromatic carbocycles. The summed E-state index contributed by atoms with van der Waals surface area (Å²) in [5, 5.41) is 0. The number of hydrogen-bond donors (Lipinski definition) is 0. The molecule has 4 nitrogen and oxygen atoms in total. The lowest BCUT2D eigenvalue weighted by atomic mass is 10.1. The van der Waals surface area contributed by atoms with E-state index < -0.39 is 0 Å². The topological polar surface area (TPSA) is 33.5 Å². The van der Waals surface area contributed by atoms with E-state index in [9.17, 15) is 4.79 Å². The summed E-state index contributed by atoms with van der Waals surface area (Å²) in [6.45, 7) is 8.50. The highest BCUT2D eigenvalue weighted by molar-refractivity contribution is 5.95. The lowest BCUT2D eigenvalue weighted by molar-refractivity contribution is -0.920. The Morgan fingerprint density at radius 3 is 2.50 bits per heavy atom. The van der Waals surface area contributed by atoms with Gasteiger partial charge in [0.2, 0.25) is 0 Å². The second-order valence-corrected chi connectivity index (χ2v) is 5.97. The van der Waals surface area contributed by atoms with Gasteiger partial charge in [0.25, 0.3) is 0 Å². The average Bonchev–Trinajstić information content (AvgIpc) is 3.09. The van der Waals surface area contributed by atoms with Crippen molar-refractivity contribution < 1.29 is 30.7 Å². The van der Waals surface area contributed by atoms with E-state index in [1.165, 1.54) is 43.5 Å². The predicted octanol–water partition coefficient (Wildman–Crippen LogP) is -1.22. The Morgan fingerprint density at radius 1 is 1.20 bits per heavy atom. The van der Waals surface area contributed by atoms with Crippen LogP contribution < -0.4 is 17.0 Å². The number of carbonyl (C=O) groups is 1. The lowest BCUT2D eigenvalue weighted by Crippen LogP contribution is -3.00. The Balaban J connectivity index is 0.00000147. The van der Waals surface area contributed by atoms with Crippen LogP contribution in [0.1, 0.15) is 29.6 Å². The molecule has 0 aliphatic carbocycles. The quantitative estimate of drug-likeness (QED) is 0.508. The van der Waals surface area contributed by atoms with Gasteiger partial charge in [0.05, 0.1) is 38.0 Å². The summed E-state index contributed by atoms with van der Waals surface area (Å²) < 4.78 is 6.29. The molecule has 0 bridgehead atoms. The third-order valence-corrected chi connectivity index (χ3v) is 4.79. The summed E-state index contributed by atoms with van der Waals surface area (Å²) in [4.78, 5) is 14.4. The summed E-state index contributed by atoms with van der Waals surface area (Å²) in [7, 11) is 0. The van der Waals surface area contributed by atoms with Gasteiger partial charge < -0.3 is 25.9 Å². The van der Waals surface area contributed by atoms with Gasteiger partial charge in [-0.05, 0) is 6.07 Å². The Bertz CT molecular complexity index is 417. The minimum absolute atomic E-state index is 0. The molecule has 2 aliphatic rings. The number of Topliss-reactive ketones (excluding diaryl/α,β-unsaturated/α-hetero) is 1. The van der Waals surface area contributed by atoms with Gasteiger partial charge in [0.15, 0.2) is 5.78 Å². The van der Waals surface area contributed by atoms with E-state index in [0.717, 1.165) is 19.6 Å². The summed E-state index contributed by atoms with van der Waals surface area (Å²) in [6, 6.07) is 1.75. The van der Waals surface area contributed by atoms with E-state index in [1.54, 1.807) is 18.6 Å². The molecule has 0 amide bonds. The maximum absolute atomic E-state index is 11.9. The molecule has 5 heteroatoms. The number of furan rings is 1. The van der Waals surface area contributed by atoms with E-state index in [1.807, 2.05) is 0 Å². The van der Waals surface area contributed by atoms with Crippen molar-refractivity contribution >= 4 is 5.78 Å². The van der Waals surface area contributed by atoms with Crippen molar-refractivity contribution in [2.24, 2.45) is 0 Å². The van der Waals surface area contributed by atoms with Crippen LogP contribution in [0.15, 0.2) is 23.0 Å². The molecule has 0 radical (unpaired) electrons. The van der Waals surface area contributed by atoms with Crippen molar-refractivity contribution in [2.75, 3.05) is 45.8 Å². The molecule has 0 N–H and O–H groups in total. The average molecular weight is 343 g/mol. The summed E-state index contributed by atoms with van der Waals surface area (Å²) in [5.41, 5.74) is 0.708. The van der Waals surface area contributed by atoms with Gasteiger partial charge in [-0.25, -0.2) is 0 Å². The minimum Gasteiger partial charge on any atom is -1.00 e. The fourth-order valence-corrected chi connectivity index (χ4v) is 3.43. The van der Waals surface area contributed by atoms with Crippen LogP contribution in [0.5, 0.6) is 0 Å². The summed E-state index contributed by atoms with van der Waals surface area (Å²) in [5.74, 6) is 0.199. The fraction of sp³-hybridized carbons (Fsp3) is 0.667. The molecule has 20 heavy (non-hydrogen) atoms. The van der Waals surface area contributed by atoms with Crippen molar-refractivity contribution in [2.45, 2.75) is 19.3 Å². The van der Waals surface area contributed by atoms with Gasteiger partial charge in [-0.2, -0.15) is 0 Å². The van der Waals surface area contributed by atoms with Crippen LogP contribution in [0.3, 0.4) is 0 Å². The first-order chi connectivity index (χ1) is 9.27. The minimum atomic E-state index is 0. The first-order valence-electron chi connectivity index (χ1n) is 7.40. The van der Waals surface area contributed by atoms with Crippen molar-refractivity contribution in [1.82, 2.24) is 4.90 Å². The Hall–Kier alpha value is -0.650. The number of quaternary nitrogens is 1. The lowest BCUT2D eigenvalue weighted by Gasteiger charge is -2.42. The number of rotatable bonds is 4. The molecule has 2 saturated heterocycles. The monoisotopic (exact) mass is 342 g/mol. The van der Waals surface area contributed by atoms with E-state index in [0.29, 0.717) is 12.0 Å². The zero-order valence-electron chi connectivity index (χ0n) is 11.9. The van der Waals surface area contributed by atoms with Crippen LogP contribution >= 0.6 is 0 Å². The van der Waals surface area contributed by atoms with Crippen LogP contribution in [0.2, 0.25) is 0 Å². The normalized spacial score (nSPS) is 21.8. The molecule has 1 aromatic heterocycles. The van der Waals surface area contributed by atoms with Gasteiger partial charge in [0.1, 0.15) is 6.26 Å².